The molecule has 0 aliphatic heterocycles. The van der Waals surface area contributed by atoms with Crippen molar-refractivity contribution in [3.8, 4) is 11.4 Å². The zero-order valence-electron chi connectivity index (χ0n) is 16.4. The Kier molecular flexibility index (Phi) is 4.74. The van der Waals surface area contributed by atoms with E-state index in [1.54, 1.807) is 0 Å². The second-order valence-electron chi connectivity index (χ2n) is 7.14. The Labute approximate surface area is 174 Å². The van der Waals surface area contributed by atoms with Gasteiger partial charge in [-0.05, 0) is 35.0 Å². The maximum atomic E-state index is 12.6. The van der Waals surface area contributed by atoms with Crippen LogP contribution in [0.25, 0.3) is 33.2 Å². The predicted molar refractivity (Wildman–Crippen MR) is 119 cm³/mol. The van der Waals surface area contributed by atoms with Gasteiger partial charge in [-0.25, -0.2) is 9.78 Å². The summed E-state index contributed by atoms with van der Waals surface area (Å²) in [5, 5.41) is 2.13. The van der Waals surface area contributed by atoms with Gasteiger partial charge >= 0.3 is 5.97 Å². The Morgan fingerprint density at radius 3 is 2.40 bits per heavy atom. The van der Waals surface area contributed by atoms with Gasteiger partial charge in [0.1, 0.15) is 12.4 Å². The van der Waals surface area contributed by atoms with Crippen LogP contribution in [0.15, 0.2) is 97.1 Å². The Balaban J connectivity index is 1.37. The van der Waals surface area contributed by atoms with Crippen LogP contribution in [0.5, 0.6) is 0 Å². The lowest BCUT2D eigenvalue weighted by molar-refractivity contribution is 0.0493. The van der Waals surface area contributed by atoms with Crippen molar-refractivity contribution in [2.75, 3.05) is 6.61 Å². The van der Waals surface area contributed by atoms with Gasteiger partial charge in [-0.1, -0.05) is 72.8 Å². The van der Waals surface area contributed by atoms with E-state index in [1.165, 1.54) is 0 Å². The van der Waals surface area contributed by atoms with E-state index in [1.807, 2.05) is 97.1 Å². The van der Waals surface area contributed by atoms with Gasteiger partial charge in [0.05, 0.1) is 23.1 Å². The minimum Gasteiger partial charge on any atom is -0.460 e. The van der Waals surface area contributed by atoms with Crippen LogP contribution in [-0.2, 0) is 11.3 Å². The minimum atomic E-state index is -0.313. The lowest BCUT2D eigenvalue weighted by atomic mass is 10.1. The van der Waals surface area contributed by atoms with Crippen LogP contribution in [0, 0.1) is 0 Å². The number of nitrogens with zero attached hydrogens (tertiary/aromatic N) is 2. The second-order valence-corrected chi connectivity index (χ2v) is 7.14. The zero-order valence-corrected chi connectivity index (χ0v) is 16.4. The molecule has 4 nitrogen and oxygen atoms in total. The maximum Gasteiger partial charge on any atom is 0.338 e. The molecule has 0 radical (unpaired) electrons. The van der Waals surface area contributed by atoms with E-state index in [9.17, 15) is 4.79 Å². The predicted octanol–water partition coefficient (Wildman–Crippen LogP) is 5.71. The van der Waals surface area contributed by atoms with E-state index in [2.05, 4.69) is 4.57 Å². The van der Waals surface area contributed by atoms with Crippen LogP contribution in [0.3, 0.4) is 0 Å². The van der Waals surface area contributed by atoms with E-state index in [0.29, 0.717) is 12.1 Å². The molecule has 0 N–H and O–H groups in total. The molecule has 0 unspecified atom stereocenters. The van der Waals surface area contributed by atoms with Gasteiger partial charge in [0.15, 0.2) is 0 Å². The monoisotopic (exact) mass is 392 g/mol. The van der Waals surface area contributed by atoms with Crippen molar-refractivity contribution < 1.29 is 9.53 Å². The SMILES string of the molecule is O=C(OCCn1c(-c2ccccc2)nc2ccccc21)c1ccc2ccccc2c1. The van der Waals surface area contributed by atoms with E-state index in [0.717, 1.165) is 33.2 Å². The number of hydrogen-bond donors (Lipinski definition) is 0. The number of benzene rings is 4. The lowest BCUT2D eigenvalue weighted by Gasteiger charge is -2.10. The van der Waals surface area contributed by atoms with Gasteiger partial charge in [-0.2, -0.15) is 0 Å². The van der Waals surface area contributed by atoms with Gasteiger partial charge < -0.3 is 9.30 Å². The van der Waals surface area contributed by atoms with Gasteiger partial charge in [-0.3, -0.25) is 0 Å². The highest BCUT2D eigenvalue weighted by atomic mass is 16.5. The normalized spacial score (nSPS) is 11.1. The Bertz CT molecular complexity index is 1340. The van der Waals surface area contributed by atoms with Gasteiger partial charge in [0, 0.05) is 5.56 Å². The zero-order chi connectivity index (χ0) is 20.3. The number of hydrogen-bond acceptors (Lipinski definition) is 3. The molecular weight excluding hydrogens is 372 g/mol. The standard InChI is InChI=1S/C26H20N2O2/c29-26(22-15-14-19-8-4-5-11-21(19)18-22)30-17-16-28-24-13-7-6-12-23(24)27-25(28)20-9-2-1-3-10-20/h1-15,18H,16-17H2. The largest absolute Gasteiger partial charge is 0.460 e. The van der Waals surface area contributed by atoms with E-state index >= 15 is 0 Å². The smallest absolute Gasteiger partial charge is 0.338 e. The molecule has 0 atom stereocenters. The summed E-state index contributed by atoms with van der Waals surface area (Å²) in [5.41, 5.74) is 3.55. The minimum absolute atomic E-state index is 0.270. The molecule has 1 heterocycles. The summed E-state index contributed by atoms with van der Waals surface area (Å²) in [6.07, 6.45) is 0. The van der Waals surface area contributed by atoms with Crippen molar-refractivity contribution >= 4 is 27.8 Å². The van der Waals surface area contributed by atoms with Crippen molar-refractivity contribution in [2.45, 2.75) is 6.54 Å². The van der Waals surface area contributed by atoms with Crippen LogP contribution in [-0.4, -0.2) is 22.1 Å². The quantitative estimate of drug-likeness (QED) is 0.360. The van der Waals surface area contributed by atoms with Crippen molar-refractivity contribution in [3.63, 3.8) is 0 Å². The van der Waals surface area contributed by atoms with Crippen molar-refractivity contribution in [2.24, 2.45) is 0 Å². The molecule has 0 saturated carbocycles. The summed E-state index contributed by atoms with van der Waals surface area (Å²) in [6, 6.07) is 31.7. The Morgan fingerprint density at radius 1 is 0.800 bits per heavy atom. The fourth-order valence-electron chi connectivity index (χ4n) is 3.74. The molecule has 0 amide bonds. The maximum absolute atomic E-state index is 12.6. The van der Waals surface area contributed by atoms with Crippen molar-refractivity contribution in [1.29, 1.82) is 0 Å². The average Bonchev–Trinajstić information content (AvgIpc) is 3.18. The average molecular weight is 392 g/mol. The fraction of sp³-hybridized carbons (Fsp3) is 0.0769. The number of esters is 1. The molecule has 5 rings (SSSR count). The molecule has 0 spiro atoms. The highest BCUT2D eigenvalue weighted by Gasteiger charge is 2.13. The summed E-state index contributed by atoms with van der Waals surface area (Å²) in [5.74, 6) is 0.560. The summed E-state index contributed by atoms with van der Waals surface area (Å²) in [6.45, 7) is 0.801. The summed E-state index contributed by atoms with van der Waals surface area (Å²) in [7, 11) is 0. The molecule has 0 fully saturated rings. The van der Waals surface area contributed by atoms with Crippen LogP contribution >= 0.6 is 0 Å². The molecule has 1 aromatic heterocycles. The number of carbonyl (C=O) groups excluding carboxylic acids is 1. The molecule has 4 heteroatoms. The molecule has 0 bridgehead atoms. The van der Waals surface area contributed by atoms with Gasteiger partial charge in [0.2, 0.25) is 0 Å². The third-order valence-corrected chi connectivity index (χ3v) is 5.22. The summed E-state index contributed by atoms with van der Waals surface area (Å²) < 4.78 is 7.71. The van der Waals surface area contributed by atoms with Crippen LogP contribution < -0.4 is 0 Å². The molecule has 0 aliphatic carbocycles. The number of imidazole rings is 1. The summed E-state index contributed by atoms with van der Waals surface area (Å²) in [4.78, 5) is 17.4. The molecule has 0 saturated heterocycles. The number of fused-ring (bicyclic) bond motifs is 2. The topological polar surface area (TPSA) is 44.1 Å². The van der Waals surface area contributed by atoms with Gasteiger partial charge in [-0.15, -0.1) is 0 Å². The van der Waals surface area contributed by atoms with E-state index in [4.69, 9.17) is 9.72 Å². The molecule has 0 aliphatic rings. The molecular formula is C26H20N2O2. The first kappa shape index (κ1) is 18.1. The third-order valence-electron chi connectivity index (χ3n) is 5.22. The second kappa shape index (κ2) is 7.84. The van der Waals surface area contributed by atoms with Crippen LogP contribution in [0.2, 0.25) is 0 Å². The highest BCUT2D eigenvalue weighted by molar-refractivity contribution is 5.95. The molecule has 146 valence electrons. The molecule has 30 heavy (non-hydrogen) atoms. The van der Waals surface area contributed by atoms with Crippen LogP contribution in [0.4, 0.5) is 0 Å². The van der Waals surface area contributed by atoms with E-state index in [-0.39, 0.29) is 12.6 Å². The first-order chi connectivity index (χ1) is 14.8. The van der Waals surface area contributed by atoms with Crippen molar-refractivity contribution in [1.82, 2.24) is 9.55 Å². The first-order valence-electron chi connectivity index (χ1n) is 9.96. The van der Waals surface area contributed by atoms with Crippen LogP contribution in [0.1, 0.15) is 10.4 Å². The number of para-hydroxylation sites is 2. The number of carbonyl (C=O) groups is 1. The van der Waals surface area contributed by atoms with E-state index < -0.39 is 0 Å². The highest BCUT2D eigenvalue weighted by Crippen LogP contribution is 2.24. The van der Waals surface area contributed by atoms with Crippen molar-refractivity contribution in [3.05, 3.63) is 103 Å². The molecule has 4 aromatic carbocycles. The fourth-order valence-corrected chi connectivity index (χ4v) is 3.74. The Morgan fingerprint density at radius 2 is 1.53 bits per heavy atom. The first-order valence-corrected chi connectivity index (χ1v) is 9.96. The molecule has 5 aromatic rings. The number of ether oxygens (including phenoxy) is 1. The third kappa shape index (κ3) is 3.44. The Hall–Kier alpha value is -3.92. The number of rotatable bonds is 5. The lowest BCUT2D eigenvalue weighted by Crippen LogP contribution is -2.12. The number of aromatic nitrogens is 2. The van der Waals surface area contributed by atoms with Gasteiger partial charge in [0.25, 0.3) is 0 Å². The summed E-state index contributed by atoms with van der Waals surface area (Å²) >= 11 is 0.